The van der Waals surface area contributed by atoms with Crippen LogP contribution in [0.15, 0.2) is 61.2 Å². The largest absolute Gasteiger partial charge is 0.0955 e. The smallest absolute Gasteiger partial charge is 0.0233 e. The van der Waals surface area contributed by atoms with E-state index in [0.29, 0.717) is 0 Å². The standard InChI is InChI=1S/C10H14.C9H10.C4H8/c1-7-5-8(2)10(4)9(3)6-7;1-8(2)9-6-4-3-5-7-9;1-3-4-2/h5-6H,1-4H3;3-7H,1H2,2H3;3-4H,1-2H3/b;;4-3-. The minimum atomic E-state index is 1.12. The fourth-order valence-corrected chi connectivity index (χ4v) is 1.97. The van der Waals surface area contributed by atoms with Crippen molar-refractivity contribution in [1.82, 2.24) is 0 Å². The lowest BCUT2D eigenvalue weighted by atomic mass is 10.0. The Bertz CT molecular complexity index is 589. The zero-order chi connectivity index (χ0) is 17.8. The number of allylic oxidation sites excluding steroid dienone is 3. The van der Waals surface area contributed by atoms with E-state index in [-0.39, 0.29) is 0 Å². The third-order valence-electron chi connectivity index (χ3n) is 3.67. The van der Waals surface area contributed by atoms with E-state index in [1.165, 1.54) is 27.8 Å². The molecule has 124 valence electrons. The molecule has 0 fully saturated rings. The van der Waals surface area contributed by atoms with Gasteiger partial charge in [-0.2, -0.15) is 0 Å². The first-order valence-corrected chi connectivity index (χ1v) is 8.16. The summed E-state index contributed by atoms with van der Waals surface area (Å²) in [5.74, 6) is 0. The molecule has 0 bridgehead atoms. The van der Waals surface area contributed by atoms with Gasteiger partial charge >= 0.3 is 0 Å². The Labute approximate surface area is 143 Å². The molecule has 0 aliphatic rings. The first-order valence-electron chi connectivity index (χ1n) is 8.16. The van der Waals surface area contributed by atoms with Gasteiger partial charge in [-0.3, -0.25) is 0 Å². The van der Waals surface area contributed by atoms with Crippen molar-refractivity contribution in [2.45, 2.75) is 48.5 Å². The van der Waals surface area contributed by atoms with Crippen molar-refractivity contribution in [3.8, 4) is 0 Å². The van der Waals surface area contributed by atoms with Crippen molar-refractivity contribution in [3.05, 3.63) is 89.0 Å². The second-order valence-corrected chi connectivity index (χ2v) is 5.84. The van der Waals surface area contributed by atoms with Crippen molar-refractivity contribution in [2.24, 2.45) is 0 Å². The first kappa shape index (κ1) is 20.9. The lowest BCUT2D eigenvalue weighted by molar-refractivity contribution is 1.23. The Morgan fingerprint density at radius 2 is 1.26 bits per heavy atom. The van der Waals surface area contributed by atoms with Gasteiger partial charge in [-0.05, 0) is 70.7 Å². The summed E-state index contributed by atoms with van der Waals surface area (Å²) in [7, 11) is 0. The van der Waals surface area contributed by atoms with Crippen LogP contribution >= 0.6 is 0 Å². The van der Waals surface area contributed by atoms with Gasteiger partial charge in [-0.15, -0.1) is 0 Å². The monoisotopic (exact) mass is 308 g/mol. The van der Waals surface area contributed by atoms with E-state index in [4.69, 9.17) is 0 Å². The molecule has 0 spiro atoms. The second kappa shape index (κ2) is 11.5. The third kappa shape index (κ3) is 8.83. The zero-order valence-corrected chi connectivity index (χ0v) is 15.9. The minimum absolute atomic E-state index is 1.12. The molecule has 0 unspecified atom stereocenters. The van der Waals surface area contributed by atoms with Crippen LogP contribution in [0.1, 0.15) is 48.6 Å². The molecule has 0 N–H and O–H groups in total. The number of hydrogen-bond donors (Lipinski definition) is 0. The van der Waals surface area contributed by atoms with Gasteiger partial charge in [0, 0.05) is 0 Å². The van der Waals surface area contributed by atoms with Gasteiger partial charge in [-0.25, -0.2) is 0 Å². The molecule has 2 aromatic rings. The van der Waals surface area contributed by atoms with Crippen LogP contribution in [-0.4, -0.2) is 0 Å². The molecule has 0 heteroatoms. The predicted molar refractivity (Wildman–Crippen MR) is 107 cm³/mol. The molecule has 0 atom stereocenters. The second-order valence-electron chi connectivity index (χ2n) is 5.84. The lowest BCUT2D eigenvalue weighted by Crippen LogP contribution is -1.86. The molecule has 2 aromatic carbocycles. The van der Waals surface area contributed by atoms with Crippen LogP contribution in [0.5, 0.6) is 0 Å². The SMILES string of the molecule is C/C=C\C.C=C(C)c1ccccc1.Cc1cc(C)c(C)c(C)c1. The zero-order valence-electron chi connectivity index (χ0n) is 15.9. The summed E-state index contributed by atoms with van der Waals surface area (Å²) in [6.07, 6.45) is 4.00. The summed E-state index contributed by atoms with van der Waals surface area (Å²) < 4.78 is 0. The fourth-order valence-electron chi connectivity index (χ4n) is 1.97. The summed E-state index contributed by atoms with van der Waals surface area (Å²) in [5.41, 5.74) is 7.93. The molecular weight excluding hydrogens is 276 g/mol. The number of aryl methyl sites for hydroxylation is 3. The topological polar surface area (TPSA) is 0 Å². The van der Waals surface area contributed by atoms with E-state index < -0.39 is 0 Å². The number of benzene rings is 2. The van der Waals surface area contributed by atoms with Gasteiger partial charge in [0.25, 0.3) is 0 Å². The van der Waals surface area contributed by atoms with Gasteiger partial charge < -0.3 is 0 Å². The van der Waals surface area contributed by atoms with Crippen molar-refractivity contribution < 1.29 is 0 Å². The molecule has 0 aliphatic heterocycles. The van der Waals surface area contributed by atoms with Crippen LogP contribution in [0.3, 0.4) is 0 Å². The summed E-state index contributed by atoms with van der Waals surface area (Å²) >= 11 is 0. The van der Waals surface area contributed by atoms with Gasteiger partial charge in [0.1, 0.15) is 0 Å². The molecule has 0 aromatic heterocycles. The average Bonchev–Trinajstić information content (AvgIpc) is 2.54. The molecule has 0 heterocycles. The highest BCUT2D eigenvalue weighted by atomic mass is 14.0. The van der Waals surface area contributed by atoms with Gasteiger partial charge in [0.2, 0.25) is 0 Å². The quantitative estimate of drug-likeness (QED) is 0.488. The molecule has 0 radical (unpaired) electrons. The van der Waals surface area contributed by atoms with Crippen molar-refractivity contribution in [3.63, 3.8) is 0 Å². The Morgan fingerprint density at radius 1 is 0.826 bits per heavy atom. The first-order chi connectivity index (χ1) is 10.8. The highest BCUT2D eigenvalue weighted by Crippen LogP contribution is 2.14. The van der Waals surface area contributed by atoms with E-state index in [9.17, 15) is 0 Å². The van der Waals surface area contributed by atoms with Crippen molar-refractivity contribution >= 4 is 5.57 Å². The van der Waals surface area contributed by atoms with Crippen molar-refractivity contribution in [1.29, 1.82) is 0 Å². The fraction of sp³-hybridized carbons (Fsp3) is 0.304. The Kier molecular flexibility index (Phi) is 10.4. The molecule has 0 aliphatic carbocycles. The highest BCUT2D eigenvalue weighted by molar-refractivity contribution is 5.60. The third-order valence-corrected chi connectivity index (χ3v) is 3.67. The van der Waals surface area contributed by atoms with Crippen LogP contribution < -0.4 is 0 Å². The van der Waals surface area contributed by atoms with Crippen LogP contribution in [0.2, 0.25) is 0 Å². The summed E-state index contributed by atoms with van der Waals surface area (Å²) in [4.78, 5) is 0. The molecule has 0 nitrogen and oxygen atoms in total. The van der Waals surface area contributed by atoms with E-state index in [1.807, 2.05) is 51.1 Å². The van der Waals surface area contributed by atoms with Crippen LogP contribution in [0.25, 0.3) is 5.57 Å². The number of hydrogen-bond acceptors (Lipinski definition) is 0. The van der Waals surface area contributed by atoms with Gasteiger partial charge in [-0.1, -0.05) is 72.3 Å². The van der Waals surface area contributed by atoms with Gasteiger partial charge in [0.05, 0.1) is 0 Å². The summed E-state index contributed by atoms with van der Waals surface area (Å²) in [6.45, 7) is 18.5. The minimum Gasteiger partial charge on any atom is -0.0955 e. The maximum absolute atomic E-state index is 3.83. The molecule has 0 amide bonds. The normalized spacial score (nSPS) is 9.52. The van der Waals surface area contributed by atoms with Crippen LogP contribution in [0, 0.1) is 27.7 Å². The summed E-state index contributed by atoms with van der Waals surface area (Å²) in [5, 5.41) is 0. The molecule has 0 saturated carbocycles. The van der Waals surface area contributed by atoms with Crippen LogP contribution in [-0.2, 0) is 0 Å². The van der Waals surface area contributed by atoms with E-state index in [1.54, 1.807) is 0 Å². The molecule has 23 heavy (non-hydrogen) atoms. The average molecular weight is 309 g/mol. The van der Waals surface area contributed by atoms with Crippen LogP contribution in [0.4, 0.5) is 0 Å². The van der Waals surface area contributed by atoms with E-state index >= 15 is 0 Å². The highest BCUT2D eigenvalue weighted by Gasteiger charge is 1.96. The maximum atomic E-state index is 3.83. The van der Waals surface area contributed by atoms with Crippen molar-refractivity contribution in [2.75, 3.05) is 0 Å². The molecule has 2 rings (SSSR count). The Hall–Kier alpha value is -2.08. The Morgan fingerprint density at radius 3 is 1.57 bits per heavy atom. The maximum Gasteiger partial charge on any atom is -0.0233 e. The molecular formula is C23H32. The van der Waals surface area contributed by atoms with E-state index in [2.05, 4.69) is 58.5 Å². The van der Waals surface area contributed by atoms with E-state index in [0.717, 1.165) is 5.57 Å². The number of rotatable bonds is 1. The Balaban J connectivity index is 0.000000345. The lowest BCUT2D eigenvalue weighted by Gasteiger charge is -2.04. The predicted octanol–water partition coefficient (Wildman–Crippen LogP) is 7.22. The van der Waals surface area contributed by atoms with Gasteiger partial charge in [0.15, 0.2) is 0 Å². The summed E-state index contributed by atoms with van der Waals surface area (Å²) in [6, 6.07) is 14.6. The molecule has 0 saturated heterocycles.